The van der Waals surface area contributed by atoms with E-state index >= 15 is 0 Å². The van der Waals surface area contributed by atoms with Crippen molar-refractivity contribution in [3.05, 3.63) is 65.9 Å². The second kappa shape index (κ2) is 6.02. The molecular weight excluding hydrogens is 316 g/mol. The number of nitrogens with zero attached hydrogens (tertiary/aromatic N) is 2. The van der Waals surface area contributed by atoms with Crippen LogP contribution in [0.1, 0.15) is 22.8 Å². The first kappa shape index (κ1) is 15.3. The fraction of sp³-hybridized carbons (Fsp3) is 0.150. The summed E-state index contributed by atoms with van der Waals surface area (Å²) in [4.78, 5) is 30.6. The lowest BCUT2D eigenvalue weighted by molar-refractivity contribution is 0.101. The molecule has 3 aromatic rings. The Labute approximate surface area is 144 Å². The minimum absolute atomic E-state index is 0.139. The van der Waals surface area contributed by atoms with E-state index in [2.05, 4.69) is 4.98 Å². The van der Waals surface area contributed by atoms with Gasteiger partial charge in [0.2, 0.25) is 0 Å². The van der Waals surface area contributed by atoms with Crippen LogP contribution in [0.2, 0.25) is 0 Å². The maximum atomic E-state index is 12.6. The molecule has 0 N–H and O–H groups in total. The van der Waals surface area contributed by atoms with Crippen LogP contribution in [0.25, 0.3) is 10.8 Å². The van der Waals surface area contributed by atoms with Gasteiger partial charge in [0.15, 0.2) is 5.78 Å². The first-order valence-corrected chi connectivity index (χ1v) is 8.11. The van der Waals surface area contributed by atoms with Crippen LogP contribution in [-0.4, -0.2) is 23.4 Å². The summed E-state index contributed by atoms with van der Waals surface area (Å²) in [6.45, 7) is 2.00. The lowest BCUT2D eigenvalue weighted by Crippen LogP contribution is -2.32. The number of ether oxygens (including phenoxy) is 1. The molecule has 1 aromatic heterocycles. The van der Waals surface area contributed by atoms with Crippen LogP contribution in [0.15, 0.2) is 54.7 Å². The summed E-state index contributed by atoms with van der Waals surface area (Å²) >= 11 is 0. The summed E-state index contributed by atoms with van der Waals surface area (Å²) in [6, 6.07) is 14.9. The standard InChI is InChI=1S/C20H16N2O3/c1-13(23)18-16-7-3-2-5-14(16)8-9-17(18)25-20(24)22-12-10-15-6-4-11-21-19(15)22/h2-9,11H,10,12H2,1H3. The largest absolute Gasteiger partial charge is 0.420 e. The monoisotopic (exact) mass is 332 g/mol. The number of carbonyl (C=O) groups is 2. The van der Waals surface area contributed by atoms with E-state index in [0.29, 0.717) is 17.9 Å². The molecule has 0 saturated heterocycles. The first-order chi connectivity index (χ1) is 12.1. The number of ketones is 1. The number of hydrogen-bond donors (Lipinski definition) is 0. The molecule has 1 amide bonds. The summed E-state index contributed by atoms with van der Waals surface area (Å²) in [6.07, 6.45) is 1.88. The number of anilines is 1. The highest BCUT2D eigenvalue weighted by atomic mass is 16.6. The number of aromatic nitrogens is 1. The van der Waals surface area contributed by atoms with Crippen LogP contribution in [0.3, 0.4) is 0 Å². The molecule has 0 aliphatic carbocycles. The molecular formula is C20H16N2O3. The Balaban J connectivity index is 1.71. The van der Waals surface area contributed by atoms with Gasteiger partial charge in [0.25, 0.3) is 0 Å². The molecule has 0 saturated carbocycles. The molecule has 5 heteroatoms. The molecule has 4 rings (SSSR count). The number of rotatable bonds is 2. The van der Waals surface area contributed by atoms with Crippen molar-refractivity contribution in [3.8, 4) is 5.75 Å². The number of carbonyl (C=O) groups excluding carboxylic acids is 2. The van der Waals surface area contributed by atoms with E-state index in [1.807, 2.05) is 42.5 Å². The number of amides is 1. The van der Waals surface area contributed by atoms with E-state index in [-0.39, 0.29) is 11.5 Å². The Morgan fingerprint density at radius 2 is 1.92 bits per heavy atom. The van der Waals surface area contributed by atoms with Crippen molar-refractivity contribution in [1.29, 1.82) is 0 Å². The van der Waals surface area contributed by atoms with Crippen LogP contribution in [0, 0.1) is 0 Å². The molecule has 5 nitrogen and oxygen atoms in total. The number of pyridine rings is 1. The van der Waals surface area contributed by atoms with E-state index in [0.717, 1.165) is 22.8 Å². The quantitative estimate of drug-likeness (QED) is 0.666. The van der Waals surface area contributed by atoms with Gasteiger partial charge in [-0.2, -0.15) is 0 Å². The number of fused-ring (bicyclic) bond motifs is 2. The van der Waals surface area contributed by atoms with Crippen molar-refractivity contribution in [2.75, 3.05) is 11.4 Å². The fourth-order valence-electron chi connectivity index (χ4n) is 3.23. The van der Waals surface area contributed by atoms with Gasteiger partial charge in [0, 0.05) is 12.7 Å². The molecule has 0 unspecified atom stereocenters. The zero-order valence-corrected chi connectivity index (χ0v) is 13.7. The summed E-state index contributed by atoms with van der Waals surface area (Å²) < 4.78 is 5.58. The van der Waals surface area contributed by atoms with Gasteiger partial charge < -0.3 is 4.74 Å². The minimum atomic E-state index is -0.518. The molecule has 1 aliphatic heterocycles. The summed E-state index contributed by atoms with van der Waals surface area (Å²) in [5, 5.41) is 1.71. The van der Waals surface area contributed by atoms with E-state index in [1.165, 1.54) is 11.8 Å². The number of hydrogen-bond acceptors (Lipinski definition) is 4. The highest BCUT2D eigenvalue weighted by Crippen LogP contribution is 2.31. The second-order valence-electron chi connectivity index (χ2n) is 5.97. The predicted molar refractivity (Wildman–Crippen MR) is 95.3 cm³/mol. The van der Waals surface area contributed by atoms with Crippen molar-refractivity contribution >= 4 is 28.5 Å². The smallest absolute Gasteiger partial charge is 0.409 e. The van der Waals surface area contributed by atoms with Gasteiger partial charge in [-0.1, -0.05) is 36.4 Å². The molecule has 0 fully saturated rings. The third-order valence-electron chi connectivity index (χ3n) is 4.39. The molecule has 0 spiro atoms. The lowest BCUT2D eigenvalue weighted by Gasteiger charge is -2.17. The Morgan fingerprint density at radius 1 is 1.08 bits per heavy atom. The summed E-state index contributed by atoms with van der Waals surface area (Å²) in [5.41, 5.74) is 1.44. The maximum absolute atomic E-state index is 12.6. The highest BCUT2D eigenvalue weighted by molar-refractivity contribution is 6.10. The molecule has 0 atom stereocenters. The van der Waals surface area contributed by atoms with Gasteiger partial charge in [-0.25, -0.2) is 9.78 Å². The Bertz CT molecular complexity index is 997. The third-order valence-corrected chi connectivity index (χ3v) is 4.39. The Kier molecular flexibility index (Phi) is 3.69. The van der Waals surface area contributed by atoms with Gasteiger partial charge in [0.05, 0.1) is 5.56 Å². The number of benzene rings is 2. The van der Waals surface area contributed by atoms with E-state index < -0.39 is 6.09 Å². The van der Waals surface area contributed by atoms with Crippen LogP contribution >= 0.6 is 0 Å². The van der Waals surface area contributed by atoms with Gasteiger partial charge in [-0.05, 0) is 41.8 Å². The molecule has 124 valence electrons. The van der Waals surface area contributed by atoms with Crippen LogP contribution < -0.4 is 9.64 Å². The lowest BCUT2D eigenvalue weighted by atomic mass is 10.0. The van der Waals surface area contributed by atoms with Crippen molar-refractivity contribution in [1.82, 2.24) is 4.98 Å². The van der Waals surface area contributed by atoms with Crippen LogP contribution in [-0.2, 0) is 6.42 Å². The van der Waals surface area contributed by atoms with Crippen molar-refractivity contribution in [2.24, 2.45) is 0 Å². The highest BCUT2D eigenvalue weighted by Gasteiger charge is 2.28. The van der Waals surface area contributed by atoms with Crippen molar-refractivity contribution in [2.45, 2.75) is 13.3 Å². The Hall–Kier alpha value is -3.21. The average molecular weight is 332 g/mol. The van der Waals surface area contributed by atoms with E-state index in [4.69, 9.17) is 4.74 Å². The zero-order valence-electron chi connectivity index (χ0n) is 13.7. The molecule has 2 heterocycles. The molecule has 2 aromatic carbocycles. The van der Waals surface area contributed by atoms with Gasteiger partial charge in [0.1, 0.15) is 11.6 Å². The van der Waals surface area contributed by atoms with Crippen molar-refractivity contribution < 1.29 is 14.3 Å². The Morgan fingerprint density at radius 3 is 2.76 bits per heavy atom. The zero-order chi connectivity index (χ0) is 17.4. The fourth-order valence-corrected chi connectivity index (χ4v) is 3.23. The maximum Gasteiger partial charge on any atom is 0.420 e. The summed E-state index contributed by atoms with van der Waals surface area (Å²) in [7, 11) is 0. The molecule has 1 aliphatic rings. The van der Waals surface area contributed by atoms with Gasteiger partial charge >= 0.3 is 6.09 Å². The SMILES string of the molecule is CC(=O)c1c(OC(=O)N2CCc3cccnc32)ccc2ccccc12. The molecule has 0 radical (unpaired) electrons. The van der Waals surface area contributed by atoms with Gasteiger partial charge in [-0.3, -0.25) is 9.69 Å². The molecule has 0 bridgehead atoms. The first-order valence-electron chi connectivity index (χ1n) is 8.11. The third kappa shape index (κ3) is 2.63. The molecule has 25 heavy (non-hydrogen) atoms. The van der Waals surface area contributed by atoms with E-state index in [9.17, 15) is 9.59 Å². The predicted octanol–water partition coefficient (Wildman–Crippen LogP) is 4.00. The normalized spacial score (nSPS) is 12.9. The van der Waals surface area contributed by atoms with Crippen molar-refractivity contribution in [3.63, 3.8) is 0 Å². The van der Waals surface area contributed by atoms with Crippen LogP contribution in [0.4, 0.5) is 10.6 Å². The van der Waals surface area contributed by atoms with Crippen LogP contribution in [0.5, 0.6) is 5.75 Å². The minimum Gasteiger partial charge on any atom is -0.409 e. The topological polar surface area (TPSA) is 59.5 Å². The van der Waals surface area contributed by atoms with E-state index in [1.54, 1.807) is 12.3 Å². The summed E-state index contributed by atoms with van der Waals surface area (Å²) in [5.74, 6) is 0.762. The average Bonchev–Trinajstić information content (AvgIpc) is 3.05. The second-order valence-corrected chi connectivity index (χ2v) is 5.97. The van der Waals surface area contributed by atoms with Gasteiger partial charge in [-0.15, -0.1) is 0 Å². The number of Topliss-reactive ketones (excluding diaryl/α,β-unsaturated/α-hetero) is 1.